The van der Waals surface area contributed by atoms with Gasteiger partial charge < -0.3 is 14.8 Å². The summed E-state index contributed by atoms with van der Waals surface area (Å²) in [5, 5.41) is 2.43. The molecule has 0 fully saturated rings. The number of esters is 2. The van der Waals surface area contributed by atoms with E-state index in [1.165, 1.54) is 11.8 Å². The Labute approximate surface area is 187 Å². The molecule has 2 rings (SSSR count). The third kappa shape index (κ3) is 5.52. The number of carbonyl (C=O) groups excluding carboxylic acids is 5. The highest BCUT2D eigenvalue weighted by atomic mass is 16.6. The summed E-state index contributed by atoms with van der Waals surface area (Å²) >= 11 is 0. The molecule has 0 saturated carbocycles. The second-order valence-electron chi connectivity index (χ2n) is 7.50. The van der Waals surface area contributed by atoms with Crippen molar-refractivity contribution in [3.05, 3.63) is 35.4 Å². The molecule has 9 heteroatoms. The summed E-state index contributed by atoms with van der Waals surface area (Å²) in [6, 6.07) is 6.73. The summed E-state index contributed by atoms with van der Waals surface area (Å²) in [7, 11) is 0. The highest BCUT2D eigenvalue weighted by Gasteiger charge is 2.49. The number of hydrogen-bond acceptors (Lipinski definition) is 7. The Morgan fingerprint density at radius 1 is 0.875 bits per heavy atom. The van der Waals surface area contributed by atoms with Gasteiger partial charge in [-0.1, -0.05) is 25.0 Å². The lowest BCUT2D eigenvalue weighted by Gasteiger charge is -2.29. The van der Waals surface area contributed by atoms with Gasteiger partial charge in [0.15, 0.2) is 0 Å². The first-order chi connectivity index (χ1) is 15.3. The number of imide groups is 1. The fourth-order valence-corrected chi connectivity index (χ4v) is 3.72. The molecule has 1 aromatic carbocycles. The van der Waals surface area contributed by atoms with Crippen LogP contribution in [0.5, 0.6) is 0 Å². The van der Waals surface area contributed by atoms with E-state index in [2.05, 4.69) is 5.32 Å². The van der Waals surface area contributed by atoms with Gasteiger partial charge in [0.25, 0.3) is 11.8 Å². The molecule has 0 unspecified atom stereocenters. The predicted octanol–water partition coefficient (Wildman–Crippen LogP) is 2.23. The summed E-state index contributed by atoms with van der Waals surface area (Å²) < 4.78 is 10.1. The topological polar surface area (TPSA) is 119 Å². The zero-order valence-corrected chi connectivity index (χ0v) is 18.8. The molecule has 3 amide bonds. The number of carbonyl (C=O) groups is 5. The van der Waals surface area contributed by atoms with Crippen LogP contribution in [-0.2, 0) is 23.9 Å². The summed E-state index contributed by atoms with van der Waals surface area (Å²) in [5.74, 6) is -2.82. The van der Waals surface area contributed by atoms with Crippen LogP contribution in [-0.4, -0.2) is 59.9 Å². The Balaban J connectivity index is 1.92. The summed E-state index contributed by atoms with van der Waals surface area (Å²) in [5.41, 5.74) is -1.05. The van der Waals surface area contributed by atoms with Crippen LogP contribution in [0.4, 0.5) is 0 Å². The molecule has 0 spiro atoms. The van der Waals surface area contributed by atoms with Crippen LogP contribution in [0.2, 0.25) is 0 Å². The molecule has 1 heterocycles. The zero-order valence-electron chi connectivity index (χ0n) is 18.8. The van der Waals surface area contributed by atoms with Crippen LogP contribution in [0.15, 0.2) is 24.3 Å². The predicted molar refractivity (Wildman–Crippen MR) is 115 cm³/mol. The molecular formula is C23H30N2O7. The van der Waals surface area contributed by atoms with E-state index in [0.717, 1.165) is 0 Å². The molecule has 32 heavy (non-hydrogen) atoms. The van der Waals surface area contributed by atoms with Crippen molar-refractivity contribution in [3.8, 4) is 0 Å². The fourth-order valence-electron chi connectivity index (χ4n) is 3.72. The van der Waals surface area contributed by atoms with Crippen LogP contribution >= 0.6 is 0 Å². The van der Waals surface area contributed by atoms with Crippen LogP contribution in [0.1, 0.15) is 73.6 Å². The van der Waals surface area contributed by atoms with Gasteiger partial charge in [0.05, 0.1) is 24.3 Å². The quantitative estimate of drug-likeness (QED) is 0.226. The van der Waals surface area contributed by atoms with E-state index in [9.17, 15) is 24.0 Å². The largest absolute Gasteiger partial charge is 0.464 e. The molecule has 1 aliphatic heterocycles. The first kappa shape index (κ1) is 25.0. The maximum absolute atomic E-state index is 12.6. The average Bonchev–Trinajstić information content (AvgIpc) is 3.00. The number of fused-ring (bicyclic) bond motifs is 1. The third-order valence-electron chi connectivity index (χ3n) is 5.20. The second kappa shape index (κ2) is 11.4. The Hall–Kier alpha value is -3.23. The maximum atomic E-state index is 12.6. The number of nitrogens with one attached hydrogen (secondary N) is 1. The van der Waals surface area contributed by atoms with Crippen molar-refractivity contribution in [1.29, 1.82) is 0 Å². The Bertz CT molecular complexity index is 828. The van der Waals surface area contributed by atoms with Crippen molar-refractivity contribution >= 4 is 29.7 Å². The summed E-state index contributed by atoms with van der Waals surface area (Å²) in [4.78, 5) is 62.9. The minimum atomic E-state index is -1.89. The standard InChI is InChI=1S/C23H30N2O7/c1-4-31-21(29)23(24-16(3)26,22(30)32-5-2)14-10-6-7-11-15-25-19(27)17-12-8-9-13-18(17)20(25)28/h8-9,12-13H,4-7,10-11,14-15H2,1-3H3,(H,24,26). The van der Waals surface area contributed by atoms with E-state index in [0.29, 0.717) is 43.4 Å². The summed E-state index contributed by atoms with van der Waals surface area (Å²) in [6.45, 7) is 4.84. The first-order valence-electron chi connectivity index (χ1n) is 10.9. The van der Waals surface area contributed by atoms with Crippen molar-refractivity contribution in [1.82, 2.24) is 10.2 Å². The average molecular weight is 447 g/mol. The smallest absolute Gasteiger partial charge is 0.343 e. The molecule has 1 aliphatic rings. The van der Waals surface area contributed by atoms with Gasteiger partial charge in [-0.15, -0.1) is 0 Å². The van der Waals surface area contributed by atoms with Crippen molar-refractivity contribution in [2.75, 3.05) is 19.8 Å². The molecule has 0 aliphatic carbocycles. The van der Waals surface area contributed by atoms with E-state index >= 15 is 0 Å². The van der Waals surface area contributed by atoms with Crippen molar-refractivity contribution in [2.24, 2.45) is 0 Å². The number of amides is 3. The third-order valence-corrected chi connectivity index (χ3v) is 5.20. The van der Waals surface area contributed by atoms with Gasteiger partial charge >= 0.3 is 11.9 Å². The van der Waals surface area contributed by atoms with Crippen molar-refractivity contribution in [2.45, 2.75) is 58.4 Å². The molecule has 0 aromatic heterocycles. The number of unbranched alkanes of at least 4 members (excludes halogenated alkanes) is 3. The molecule has 1 aromatic rings. The van der Waals surface area contributed by atoms with E-state index in [-0.39, 0.29) is 31.4 Å². The number of ether oxygens (including phenoxy) is 2. The van der Waals surface area contributed by atoms with Gasteiger partial charge in [-0.25, -0.2) is 9.59 Å². The monoisotopic (exact) mass is 446 g/mol. The Morgan fingerprint density at radius 2 is 1.38 bits per heavy atom. The van der Waals surface area contributed by atoms with Crippen LogP contribution in [0, 0.1) is 0 Å². The first-order valence-corrected chi connectivity index (χ1v) is 10.9. The molecule has 1 N–H and O–H groups in total. The Morgan fingerprint density at radius 3 is 1.84 bits per heavy atom. The number of nitrogens with zero attached hydrogens (tertiary/aromatic N) is 1. The van der Waals surface area contributed by atoms with E-state index in [1.807, 2.05) is 0 Å². The highest BCUT2D eigenvalue weighted by Crippen LogP contribution is 2.24. The SMILES string of the molecule is CCOC(=O)C(CCCCCCN1C(=O)c2ccccc2C1=O)(NC(C)=O)C(=O)OCC. The fraction of sp³-hybridized carbons (Fsp3) is 0.522. The van der Waals surface area contributed by atoms with E-state index in [4.69, 9.17) is 9.47 Å². The normalized spacial score (nSPS) is 13.0. The zero-order chi connectivity index (χ0) is 23.7. The highest BCUT2D eigenvalue weighted by molar-refractivity contribution is 6.21. The van der Waals surface area contributed by atoms with Crippen molar-refractivity contribution < 1.29 is 33.4 Å². The van der Waals surface area contributed by atoms with E-state index < -0.39 is 23.4 Å². The maximum Gasteiger partial charge on any atom is 0.343 e. The van der Waals surface area contributed by atoms with Gasteiger partial charge in [-0.2, -0.15) is 0 Å². The van der Waals surface area contributed by atoms with Gasteiger partial charge in [0, 0.05) is 13.5 Å². The molecule has 0 atom stereocenters. The van der Waals surface area contributed by atoms with Gasteiger partial charge in [0.2, 0.25) is 11.4 Å². The van der Waals surface area contributed by atoms with Crippen LogP contribution in [0.3, 0.4) is 0 Å². The molecule has 174 valence electrons. The number of hydrogen-bond donors (Lipinski definition) is 1. The molecule has 0 bridgehead atoms. The lowest BCUT2D eigenvalue weighted by Crippen LogP contribution is -2.61. The molecule has 9 nitrogen and oxygen atoms in total. The van der Waals surface area contributed by atoms with Gasteiger partial charge in [-0.3, -0.25) is 19.3 Å². The minimum Gasteiger partial charge on any atom is -0.464 e. The van der Waals surface area contributed by atoms with Crippen LogP contribution < -0.4 is 5.32 Å². The minimum absolute atomic E-state index is 0.0251. The Kier molecular flexibility index (Phi) is 8.92. The van der Waals surface area contributed by atoms with Crippen LogP contribution in [0.25, 0.3) is 0 Å². The van der Waals surface area contributed by atoms with E-state index in [1.54, 1.807) is 38.1 Å². The van der Waals surface area contributed by atoms with Gasteiger partial charge in [0.1, 0.15) is 0 Å². The molecular weight excluding hydrogens is 416 g/mol. The van der Waals surface area contributed by atoms with Gasteiger partial charge in [-0.05, 0) is 45.2 Å². The number of rotatable bonds is 12. The lowest BCUT2D eigenvalue weighted by molar-refractivity contribution is -0.168. The molecule has 0 saturated heterocycles. The molecule has 0 radical (unpaired) electrons. The lowest BCUT2D eigenvalue weighted by atomic mass is 9.91. The second-order valence-corrected chi connectivity index (χ2v) is 7.50. The van der Waals surface area contributed by atoms with Crippen molar-refractivity contribution in [3.63, 3.8) is 0 Å². The number of benzene rings is 1. The summed E-state index contributed by atoms with van der Waals surface area (Å²) in [6.07, 6.45) is 2.31.